The molecule has 1 aromatic rings. The molecule has 1 saturated heterocycles. The van der Waals surface area contributed by atoms with E-state index in [9.17, 15) is 4.79 Å². The Hall–Kier alpha value is -2.12. The van der Waals surface area contributed by atoms with E-state index in [4.69, 9.17) is 0 Å². The van der Waals surface area contributed by atoms with Crippen LogP contribution < -0.4 is 10.6 Å². The average molecular weight is 389 g/mol. The smallest absolute Gasteiger partial charge is 0.253 e. The highest BCUT2D eigenvalue weighted by Gasteiger charge is 2.19. The summed E-state index contributed by atoms with van der Waals surface area (Å²) in [6.45, 7) is 8.40. The van der Waals surface area contributed by atoms with Crippen molar-refractivity contribution in [3.05, 3.63) is 35.4 Å². The number of benzene rings is 1. The Morgan fingerprint density at radius 3 is 2.57 bits per heavy atom. The van der Waals surface area contributed by atoms with Gasteiger partial charge in [0.2, 0.25) is 0 Å². The molecular weight excluding hydrogens is 352 g/mol. The maximum Gasteiger partial charge on any atom is 0.253 e. The fraction of sp³-hybridized carbons (Fsp3) is 0.619. The Kier molecular flexibility index (Phi) is 8.73. The fourth-order valence-corrected chi connectivity index (χ4v) is 3.30. The van der Waals surface area contributed by atoms with Gasteiger partial charge in [0.1, 0.15) is 0 Å². The van der Waals surface area contributed by atoms with Crippen molar-refractivity contribution in [3.63, 3.8) is 0 Å². The van der Waals surface area contributed by atoms with E-state index in [1.165, 1.54) is 0 Å². The average Bonchev–Trinajstić information content (AvgIpc) is 2.70. The number of carbonyl (C=O) groups is 1. The Labute approximate surface area is 169 Å². The van der Waals surface area contributed by atoms with Crippen molar-refractivity contribution in [2.75, 3.05) is 67.5 Å². The topological polar surface area (TPSA) is 63.2 Å². The van der Waals surface area contributed by atoms with Gasteiger partial charge in [-0.1, -0.05) is 12.1 Å². The molecule has 156 valence electrons. The van der Waals surface area contributed by atoms with E-state index in [0.29, 0.717) is 6.04 Å². The van der Waals surface area contributed by atoms with Crippen LogP contribution in [0.25, 0.3) is 0 Å². The van der Waals surface area contributed by atoms with Crippen LogP contribution >= 0.6 is 0 Å². The van der Waals surface area contributed by atoms with Crippen LogP contribution in [0.2, 0.25) is 0 Å². The molecule has 0 saturated carbocycles. The van der Waals surface area contributed by atoms with Gasteiger partial charge in [0.15, 0.2) is 5.96 Å². The van der Waals surface area contributed by atoms with Gasteiger partial charge in [-0.15, -0.1) is 0 Å². The lowest BCUT2D eigenvalue weighted by Gasteiger charge is -2.36. The van der Waals surface area contributed by atoms with Crippen molar-refractivity contribution in [2.24, 2.45) is 4.99 Å². The van der Waals surface area contributed by atoms with Crippen LogP contribution in [-0.2, 0) is 6.42 Å². The van der Waals surface area contributed by atoms with Crippen molar-refractivity contribution in [3.8, 4) is 0 Å². The predicted molar refractivity (Wildman–Crippen MR) is 116 cm³/mol. The minimum absolute atomic E-state index is 0.0326. The summed E-state index contributed by atoms with van der Waals surface area (Å²) in [7, 11) is 7.52. The maximum atomic E-state index is 12.1. The SMILES string of the molecule is CN=C(NCCc1cccc(C(=O)N(C)C)c1)NCC(C)N1CCN(C)CC1. The number of aliphatic imine (C=N–C) groups is 1. The van der Waals surface area contributed by atoms with Crippen molar-refractivity contribution < 1.29 is 4.79 Å². The van der Waals surface area contributed by atoms with Gasteiger partial charge >= 0.3 is 0 Å². The summed E-state index contributed by atoms with van der Waals surface area (Å²) < 4.78 is 0. The Bertz CT molecular complexity index is 652. The van der Waals surface area contributed by atoms with Gasteiger partial charge in [-0.05, 0) is 38.1 Å². The first-order valence-electron chi connectivity index (χ1n) is 10.1. The van der Waals surface area contributed by atoms with E-state index in [-0.39, 0.29) is 5.91 Å². The second kappa shape index (κ2) is 11.0. The monoisotopic (exact) mass is 388 g/mol. The molecule has 1 aliphatic rings. The molecular formula is C21H36N6O. The second-order valence-corrected chi connectivity index (χ2v) is 7.72. The molecule has 2 N–H and O–H groups in total. The first-order chi connectivity index (χ1) is 13.4. The number of nitrogens with zero attached hydrogens (tertiary/aromatic N) is 4. The van der Waals surface area contributed by atoms with E-state index in [0.717, 1.165) is 62.8 Å². The molecule has 1 unspecified atom stereocenters. The number of rotatable bonds is 7. The Morgan fingerprint density at radius 1 is 1.21 bits per heavy atom. The van der Waals surface area contributed by atoms with Gasteiger partial charge in [0.25, 0.3) is 5.91 Å². The van der Waals surface area contributed by atoms with Crippen molar-refractivity contribution in [1.29, 1.82) is 0 Å². The number of hydrogen-bond donors (Lipinski definition) is 2. The highest BCUT2D eigenvalue weighted by atomic mass is 16.2. The lowest BCUT2D eigenvalue weighted by Crippen LogP contribution is -2.52. The molecule has 28 heavy (non-hydrogen) atoms. The van der Waals surface area contributed by atoms with E-state index >= 15 is 0 Å². The molecule has 1 aromatic carbocycles. The highest BCUT2D eigenvalue weighted by Crippen LogP contribution is 2.08. The zero-order chi connectivity index (χ0) is 20.5. The quantitative estimate of drug-likeness (QED) is 0.533. The van der Waals surface area contributed by atoms with Gasteiger partial charge in [-0.3, -0.25) is 14.7 Å². The third-order valence-electron chi connectivity index (χ3n) is 5.24. The van der Waals surface area contributed by atoms with E-state index in [2.05, 4.69) is 45.5 Å². The Balaban J connectivity index is 1.75. The molecule has 0 aliphatic carbocycles. The first-order valence-corrected chi connectivity index (χ1v) is 10.1. The highest BCUT2D eigenvalue weighted by molar-refractivity contribution is 5.94. The third kappa shape index (κ3) is 6.80. The van der Waals surface area contributed by atoms with Crippen molar-refractivity contribution >= 4 is 11.9 Å². The third-order valence-corrected chi connectivity index (χ3v) is 5.24. The zero-order valence-corrected chi connectivity index (χ0v) is 18.0. The minimum atomic E-state index is 0.0326. The molecule has 7 heteroatoms. The summed E-state index contributed by atoms with van der Waals surface area (Å²) in [5.74, 6) is 0.853. The van der Waals surface area contributed by atoms with Crippen LogP contribution in [0.4, 0.5) is 0 Å². The largest absolute Gasteiger partial charge is 0.356 e. The van der Waals surface area contributed by atoms with Gasteiger partial charge < -0.3 is 20.4 Å². The lowest BCUT2D eigenvalue weighted by atomic mass is 10.1. The summed E-state index contributed by atoms with van der Waals surface area (Å²) in [4.78, 5) is 22.9. The molecule has 0 bridgehead atoms. The fourth-order valence-electron chi connectivity index (χ4n) is 3.30. The van der Waals surface area contributed by atoms with Gasteiger partial charge in [-0.2, -0.15) is 0 Å². The molecule has 1 atom stereocenters. The second-order valence-electron chi connectivity index (χ2n) is 7.72. The standard InChI is InChI=1S/C21H36N6O/c1-17(27-13-11-26(5)12-14-27)16-24-21(22-2)23-10-9-18-7-6-8-19(15-18)20(28)25(3)4/h6-8,15,17H,9-14,16H2,1-5H3,(H2,22,23,24). The summed E-state index contributed by atoms with van der Waals surface area (Å²) in [6, 6.07) is 8.30. The molecule has 1 heterocycles. The van der Waals surface area contributed by atoms with Crippen molar-refractivity contribution in [1.82, 2.24) is 25.3 Å². The van der Waals surface area contributed by atoms with E-state index < -0.39 is 0 Å². The maximum absolute atomic E-state index is 12.1. The first kappa shape index (κ1) is 22.2. The zero-order valence-electron chi connectivity index (χ0n) is 18.0. The molecule has 0 radical (unpaired) electrons. The number of carbonyl (C=O) groups excluding carboxylic acids is 1. The van der Waals surface area contributed by atoms with Gasteiger partial charge in [-0.25, -0.2) is 0 Å². The van der Waals surface area contributed by atoms with Gasteiger partial charge in [0, 0.05) is 72.0 Å². The number of piperazine rings is 1. The summed E-state index contributed by atoms with van der Waals surface area (Å²) in [6.07, 6.45) is 0.837. The summed E-state index contributed by atoms with van der Waals surface area (Å²) >= 11 is 0. The Morgan fingerprint density at radius 2 is 1.93 bits per heavy atom. The van der Waals surface area contributed by atoms with Gasteiger partial charge in [0.05, 0.1) is 0 Å². The molecule has 2 rings (SSSR count). The minimum Gasteiger partial charge on any atom is -0.356 e. The van der Waals surface area contributed by atoms with Crippen LogP contribution in [0.3, 0.4) is 0 Å². The van der Waals surface area contributed by atoms with Crippen molar-refractivity contribution in [2.45, 2.75) is 19.4 Å². The number of likely N-dealkylation sites (N-methyl/N-ethyl adjacent to an activating group) is 1. The number of guanidine groups is 1. The molecule has 0 aromatic heterocycles. The lowest BCUT2D eigenvalue weighted by molar-refractivity contribution is 0.0827. The molecule has 1 fully saturated rings. The molecule has 1 aliphatic heterocycles. The van der Waals surface area contributed by atoms with E-state index in [1.807, 2.05) is 18.2 Å². The van der Waals surface area contributed by atoms with Crippen LogP contribution in [-0.4, -0.2) is 100 Å². The number of nitrogens with one attached hydrogen (secondary N) is 2. The summed E-state index contributed by atoms with van der Waals surface area (Å²) in [5, 5.41) is 6.80. The van der Waals surface area contributed by atoms with Crippen LogP contribution in [0.1, 0.15) is 22.8 Å². The molecule has 1 amide bonds. The normalized spacial score (nSPS) is 17.2. The number of hydrogen-bond acceptors (Lipinski definition) is 4. The van der Waals surface area contributed by atoms with Crippen LogP contribution in [0.5, 0.6) is 0 Å². The molecule has 7 nitrogen and oxygen atoms in total. The van der Waals surface area contributed by atoms with E-state index in [1.54, 1.807) is 26.0 Å². The van der Waals surface area contributed by atoms with Crippen LogP contribution in [0.15, 0.2) is 29.3 Å². The predicted octanol–water partition coefficient (Wildman–Crippen LogP) is 0.732. The molecule has 0 spiro atoms. The van der Waals surface area contributed by atoms with Crippen LogP contribution in [0, 0.1) is 0 Å². The number of amides is 1. The summed E-state index contributed by atoms with van der Waals surface area (Å²) in [5.41, 5.74) is 1.87.